The summed E-state index contributed by atoms with van der Waals surface area (Å²) in [6, 6.07) is 7.34. The molecule has 0 saturated carbocycles. The highest BCUT2D eigenvalue weighted by molar-refractivity contribution is 5.96. The first-order valence-corrected chi connectivity index (χ1v) is 6.52. The van der Waals surface area contributed by atoms with Crippen molar-refractivity contribution in [1.29, 1.82) is 0 Å². The minimum absolute atomic E-state index is 0. The topological polar surface area (TPSA) is 51.5 Å². The Hall–Kier alpha value is -1.81. The molecule has 0 spiro atoms. The number of hydrogen-bond donors (Lipinski definition) is 1. The lowest BCUT2D eigenvalue weighted by Gasteiger charge is -2.14. The molecule has 0 amide bonds. The molecule has 0 aliphatic rings. The molecule has 0 unspecified atom stereocenters. The lowest BCUT2D eigenvalue weighted by molar-refractivity contribution is 0.0989. The number of benzene rings is 1. The van der Waals surface area contributed by atoms with E-state index in [4.69, 9.17) is 9.15 Å². The molecule has 0 aliphatic carbocycles. The maximum Gasteiger partial charge on any atom is 0.194 e. The highest BCUT2D eigenvalue weighted by Crippen LogP contribution is 2.25. The number of rotatable bonds is 6. The first-order valence-electron chi connectivity index (χ1n) is 6.52. The van der Waals surface area contributed by atoms with Crippen molar-refractivity contribution in [2.24, 2.45) is 0 Å². The van der Waals surface area contributed by atoms with E-state index in [1.54, 1.807) is 6.07 Å². The van der Waals surface area contributed by atoms with Gasteiger partial charge in [-0.25, -0.2) is 0 Å². The number of Topliss-reactive ketones (excluding diaryl/α,β-unsaturated/α-hetero) is 1. The molecule has 1 aromatic heterocycles. The van der Waals surface area contributed by atoms with E-state index in [1.807, 2.05) is 25.1 Å². The van der Waals surface area contributed by atoms with Crippen molar-refractivity contribution in [2.45, 2.75) is 26.9 Å². The van der Waals surface area contributed by atoms with Gasteiger partial charge in [0.2, 0.25) is 0 Å². The summed E-state index contributed by atoms with van der Waals surface area (Å²) in [7, 11) is 0. The van der Waals surface area contributed by atoms with Crippen LogP contribution in [-0.2, 0) is 0 Å². The predicted octanol–water partition coefficient (Wildman–Crippen LogP) is 3.26. The number of likely N-dealkylation sites (N-methyl/N-ethyl adjacent to an activating group) is 1. The largest absolute Gasteiger partial charge is 0.489 e. The third kappa shape index (κ3) is 3.35. The third-order valence-corrected chi connectivity index (χ3v) is 2.85. The number of carbonyl (C=O) groups is 1. The molecule has 0 bridgehead atoms. The van der Waals surface area contributed by atoms with Crippen LogP contribution in [0.5, 0.6) is 5.75 Å². The van der Waals surface area contributed by atoms with Crippen LogP contribution in [0.25, 0.3) is 11.0 Å². The van der Waals surface area contributed by atoms with Crippen molar-refractivity contribution in [2.75, 3.05) is 13.1 Å². The zero-order chi connectivity index (χ0) is 13.8. The fraction of sp³-hybridized carbons (Fsp3) is 0.400. The Morgan fingerprint density at radius 2 is 2.26 bits per heavy atom. The van der Waals surface area contributed by atoms with E-state index < -0.39 is 0 Å². The van der Waals surface area contributed by atoms with Crippen LogP contribution in [0.15, 0.2) is 28.7 Å². The summed E-state index contributed by atoms with van der Waals surface area (Å²) in [5, 5.41) is 4.12. The summed E-state index contributed by atoms with van der Waals surface area (Å²) in [4.78, 5) is 11.3. The summed E-state index contributed by atoms with van der Waals surface area (Å²) in [5.74, 6) is 1.10. The fourth-order valence-electron chi connectivity index (χ4n) is 1.89. The van der Waals surface area contributed by atoms with Gasteiger partial charge < -0.3 is 14.5 Å². The second-order valence-corrected chi connectivity index (χ2v) is 4.60. The lowest BCUT2D eigenvalue weighted by Crippen LogP contribution is -2.28. The van der Waals surface area contributed by atoms with Gasteiger partial charge in [0.1, 0.15) is 17.4 Å². The highest BCUT2D eigenvalue weighted by atomic mass is 16.5. The van der Waals surface area contributed by atoms with Crippen LogP contribution < -0.4 is 10.1 Å². The summed E-state index contributed by atoms with van der Waals surface area (Å²) in [5.41, 5.74) is 0.705. The van der Waals surface area contributed by atoms with Crippen molar-refractivity contribution in [1.82, 2.24) is 5.32 Å². The van der Waals surface area contributed by atoms with Crippen LogP contribution in [0, 0.1) is 0 Å². The average molecular weight is 263 g/mol. The van der Waals surface area contributed by atoms with E-state index in [0.717, 1.165) is 24.2 Å². The number of carbonyl (C=O) groups excluding carboxylic acids is 1. The average Bonchev–Trinajstić information content (AvgIpc) is 2.79. The van der Waals surface area contributed by atoms with Crippen molar-refractivity contribution in [3.8, 4) is 5.75 Å². The molecule has 0 fully saturated rings. The van der Waals surface area contributed by atoms with Crippen molar-refractivity contribution >= 4 is 16.8 Å². The Kier molecular flexibility index (Phi) is 4.22. The first kappa shape index (κ1) is 13.6. The highest BCUT2D eigenvalue weighted by Gasteiger charge is 2.09. The Bertz CT molecular complexity index is 580. The quantitative estimate of drug-likeness (QED) is 0.813. The zero-order valence-corrected chi connectivity index (χ0v) is 11.5. The van der Waals surface area contributed by atoms with E-state index in [0.29, 0.717) is 11.3 Å². The molecule has 4 heteroatoms. The molecular formula is C15H21NO3. The molecule has 1 heterocycles. The number of ether oxygens (including phenoxy) is 1. The van der Waals surface area contributed by atoms with Gasteiger partial charge in [-0.1, -0.05) is 6.92 Å². The Labute approximate surface area is 114 Å². The van der Waals surface area contributed by atoms with E-state index in [1.165, 1.54) is 6.92 Å². The summed E-state index contributed by atoms with van der Waals surface area (Å²) in [6.07, 6.45) is 0.0941. The normalized spacial score (nSPS) is 12.6. The molecule has 2 rings (SSSR count). The van der Waals surface area contributed by atoms with Crippen LogP contribution in [-0.4, -0.2) is 25.0 Å². The molecule has 1 N–H and O–H groups in total. The maximum absolute atomic E-state index is 11.3. The van der Waals surface area contributed by atoms with Gasteiger partial charge in [-0.3, -0.25) is 4.79 Å². The monoisotopic (exact) mass is 263 g/mol. The second kappa shape index (κ2) is 5.89. The second-order valence-electron chi connectivity index (χ2n) is 4.60. The van der Waals surface area contributed by atoms with Crippen LogP contribution in [0.2, 0.25) is 0 Å². The van der Waals surface area contributed by atoms with Crippen LogP contribution in [0.1, 0.15) is 32.8 Å². The van der Waals surface area contributed by atoms with Gasteiger partial charge in [0, 0.05) is 20.3 Å². The van der Waals surface area contributed by atoms with E-state index in [2.05, 4.69) is 12.2 Å². The van der Waals surface area contributed by atoms with Gasteiger partial charge in [0.15, 0.2) is 11.5 Å². The molecular weight excluding hydrogens is 242 g/mol. The Morgan fingerprint density at radius 3 is 2.95 bits per heavy atom. The van der Waals surface area contributed by atoms with Gasteiger partial charge in [0.25, 0.3) is 0 Å². The molecule has 19 heavy (non-hydrogen) atoms. The summed E-state index contributed by atoms with van der Waals surface area (Å²) < 4.78 is 11.2. The van der Waals surface area contributed by atoms with E-state index in [-0.39, 0.29) is 13.3 Å². The molecule has 1 atom stereocenters. The van der Waals surface area contributed by atoms with Crippen molar-refractivity contribution in [3.63, 3.8) is 0 Å². The minimum atomic E-state index is -0.0702. The standard InChI is InChI=1S/C15H19NO3.H2/c1-4-16-9-10(2)18-13-5-6-14-12(7-13)8-15(19-14)11(3)17;/h5-8,10,16H,4,9H2,1-3H3;1H/t10-;/m1./s1. The van der Waals surface area contributed by atoms with E-state index >= 15 is 0 Å². The number of nitrogens with one attached hydrogen (secondary N) is 1. The molecule has 4 nitrogen and oxygen atoms in total. The number of hydrogen-bond acceptors (Lipinski definition) is 4. The van der Waals surface area contributed by atoms with Gasteiger partial charge in [0.05, 0.1) is 0 Å². The molecule has 0 radical (unpaired) electrons. The minimum Gasteiger partial charge on any atom is -0.489 e. The van der Waals surface area contributed by atoms with Gasteiger partial charge >= 0.3 is 0 Å². The summed E-state index contributed by atoms with van der Waals surface area (Å²) >= 11 is 0. The predicted molar refractivity (Wildman–Crippen MR) is 77.0 cm³/mol. The van der Waals surface area contributed by atoms with Crippen LogP contribution >= 0.6 is 0 Å². The lowest BCUT2D eigenvalue weighted by atomic mass is 10.2. The number of ketones is 1. The smallest absolute Gasteiger partial charge is 0.194 e. The Balaban J connectivity index is 0.00000200. The number of furan rings is 1. The zero-order valence-electron chi connectivity index (χ0n) is 11.5. The SMILES string of the molecule is CCNC[C@@H](C)Oc1ccc2oc(C(C)=O)cc2c1.[HH]. The Morgan fingerprint density at radius 1 is 1.47 bits per heavy atom. The van der Waals surface area contributed by atoms with Gasteiger partial charge in [-0.15, -0.1) is 0 Å². The van der Waals surface area contributed by atoms with Gasteiger partial charge in [-0.2, -0.15) is 0 Å². The van der Waals surface area contributed by atoms with Crippen molar-refractivity contribution in [3.05, 3.63) is 30.0 Å². The molecule has 0 aliphatic heterocycles. The van der Waals surface area contributed by atoms with Crippen molar-refractivity contribution < 1.29 is 15.4 Å². The van der Waals surface area contributed by atoms with Crippen LogP contribution in [0.4, 0.5) is 0 Å². The summed E-state index contributed by atoms with van der Waals surface area (Å²) in [6.45, 7) is 7.30. The van der Waals surface area contributed by atoms with Crippen LogP contribution in [0.3, 0.4) is 0 Å². The molecule has 1 aromatic carbocycles. The third-order valence-electron chi connectivity index (χ3n) is 2.85. The first-order chi connectivity index (χ1) is 9.10. The molecule has 0 saturated heterocycles. The fourth-order valence-corrected chi connectivity index (χ4v) is 1.89. The molecule has 2 aromatic rings. The maximum atomic E-state index is 11.3. The number of fused-ring (bicyclic) bond motifs is 1. The van der Waals surface area contributed by atoms with E-state index in [9.17, 15) is 4.79 Å². The molecule has 104 valence electrons. The van der Waals surface area contributed by atoms with Gasteiger partial charge in [-0.05, 0) is 37.7 Å².